The lowest BCUT2D eigenvalue weighted by molar-refractivity contribution is 0.140. The van der Waals surface area contributed by atoms with Crippen molar-refractivity contribution in [3.8, 4) is 0 Å². The lowest BCUT2D eigenvalue weighted by Crippen LogP contribution is -2.45. The van der Waals surface area contributed by atoms with Crippen molar-refractivity contribution < 1.29 is 4.74 Å². The van der Waals surface area contributed by atoms with E-state index in [1.807, 2.05) is 0 Å². The summed E-state index contributed by atoms with van der Waals surface area (Å²) in [6.07, 6.45) is 4.09. The van der Waals surface area contributed by atoms with Gasteiger partial charge in [0.15, 0.2) is 0 Å². The van der Waals surface area contributed by atoms with Crippen LogP contribution in [0.5, 0.6) is 0 Å². The van der Waals surface area contributed by atoms with E-state index in [2.05, 4.69) is 10.2 Å². The summed E-state index contributed by atoms with van der Waals surface area (Å²) in [4.78, 5) is 2.61. The molecule has 82 valence electrons. The fourth-order valence-electron chi connectivity index (χ4n) is 2.33. The second-order valence-electron chi connectivity index (χ2n) is 4.77. The van der Waals surface area contributed by atoms with Gasteiger partial charge in [-0.3, -0.25) is 0 Å². The van der Waals surface area contributed by atoms with Crippen molar-refractivity contribution in [2.24, 2.45) is 5.41 Å². The zero-order valence-electron chi connectivity index (χ0n) is 9.22. The molecule has 0 spiro atoms. The highest BCUT2D eigenvalue weighted by molar-refractivity contribution is 4.95. The number of rotatable bonds is 5. The van der Waals surface area contributed by atoms with Gasteiger partial charge < -0.3 is 15.0 Å². The van der Waals surface area contributed by atoms with Crippen molar-refractivity contribution in [1.82, 2.24) is 10.2 Å². The van der Waals surface area contributed by atoms with Crippen LogP contribution in [0, 0.1) is 5.41 Å². The van der Waals surface area contributed by atoms with Crippen LogP contribution in [0.1, 0.15) is 19.3 Å². The number of hydrogen-bond acceptors (Lipinski definition) is 3. The lowest BCUT2D eigenvalue weighted by atomic mass is 10.0. The maximum atomic E-state index is 5.18. The Bertz CT molecular complexity index is 174. The Balaban J connectivity index is 1.72. The maximum absolute atomic E-state index is 5.18. The Morgan fingerprint density at radius 2 is 2.00 bits per heavy atom. The summed E-state index contributed by atoms with van der Waals surface area (Å²) >= 11 is 0. The Morgan fingerprint density at radius 3 is 2.57 bits per heavy atom. The van der Waals surface area contributed by atoms with Crippen LogP contribution in [0.25, 0.3) is 0 Å². The molecule has 3 nitrogen and oxygen atoms in total. The summed E-state index contributed by atoms with van der Waals surface area (Å²) in [6.45, 7) is 7.04. The van der Waals surface area contributed by atoms with Gasteiger partial charge in [-0.2, -0.15) is 0 Å². The van der Waals surface area contributed by atoms with Crippen LogP contribution < -0.4 is 5.32 Å². The number of hydrogen-bond donors (Lipinski definition) is 1. The first-order valence-electron chi connectivity index (χ1n) is 5.77. The van der Waals surface area contributed by atoms with E-state index in [1.165, 1.54) is 52.0 Å². The first kappa shape index (κ1) is 10.4. The van der Waals surface area contributed by atoms with Gasteiger partial charge in [-0.05, 0) is 24.7 Å². The van der Waals surface area contributed by atoms with E-state index in [9.17, 15) is 0 Å². The SMILES string of the molecule is COCCC1(CN2CCNCC2)CC1. The molecule has 1 saturated carbocycles. The topological polar surface area (TPSA) is 24.5 Å². The van der Waals surface area contributed by atoms with E-state index in [-0.39, 0.29) is 0 Å². The average Bonchev–Trinajstić information content (AvgIpc) is 2.97. The number of methoxy groups -OCH3 is 1. The summed E-state index contributed by atoms with van der Waals surface area (Å²) in [5.41, 5.74) is 0.632. The predicted molar refractivity (Wildman–Crippen MR) is 57.5 cm³/mol. The monoisotopic (exact) mass is 198 g/mol. The molecule has 3 heteroatoms. The van der Waals surface area contributed by atoms with E-state index >= 15 is 0 Å². The molecule has 0 aromatic heterocycles. The van der Waals surface area contributed by atoms with Crippen LogP contribution in [0.3, 0.4) is 0 Å². The average molecular weight is 198 g/mol. The smallest absolute Gasteiger partial charge is 0.0468 e. The van der Waals surface area contributed by atoms with Gasteiger partial charge in [0.2, 0.25) is 0 Å². The van der Waals surface area contributed by atoms with Gasteiger partial charge in [-0.1, -0.05) is 0 Å². The molecule has 1 aliphatic carbocycles. The molecule has 2 rings (SSSR count). The van der Waals surface area contributed by atoms with Crippen LogP contribution >= 0.6 is 0 Å². The van der Waals surface area contributed by atoms with Crippen molar-refractivity contribution in [2.75, 3.05) is 46.4 Å². The van der Waals surface area contributed by atoms with Gasteiger partial charge in [-0.15, -0.1) is 0 Å². The van der Waals surface area contributed by atoms with E-state index in [0.717, 1.165) is 6.61 Å². The van der Waals surface area contributed by atoms with Crippen molar-refractivity contribution >= 4 is 0 Å². The van der Waals surface area contributed by atoms with Crippen molar-refractivity contribution in [1.29, 1.82) is 0 Å². The molecule has 0 bridgehead atoms. The van der Waals surface area contributed by atoms with Gasteiger partial charge in [0.05, 0.1) is 0 Å². The molecule has 0 atom stereocenters. The van der Waals surface area contributed by atoms with Gasteiger partial charge in [0.25, 0.3) is 0 Å². The molecule has 2 fully saturated rings. The fraction of sp³-hybridized carbons (Fsp3) is 1.00. The lowest BCUT2D eigenvalue weighted by Gasteiger charge is -2.31. The van der Waals surface area contributed by atoms with Crippen LogP contribution in [0.4, 0.5) is 0 Å². The fourth-order valence-corrected chi connectivity index (χ4v) is 2.33. The molecule has 0 radical (unpaired) electrons. The molecule has 0 unspecified atom stereocenters. The minimum Gasteiger partial charge on any atom is -0.385 e. The number of piperazine rings is 1. The molecule has 0 aromatic carbocycles. The number of ether oxygens (including phenoxy) is 1. The minimum absolute atomic E-state index is 0.632. The van der Waals surface area contributed by atoms with Gasteiger partial charge in [-0.25, -0.2) is 0 Å². The Hall–Kier alpha value is -0.120. The first-order chi connectivity index (χ1) is 6.85. The summed E-state index contributed by atoms with van der Waals surface area (Å²) in [7, 11) is 1.81. The van der Waals surface area contributed by atoms with Gasteiger partial charge >= 0.3 is 0 Å². The third-order valence-electron chi connectivity index (χ3n) is 3.56. The zero-order valence-corrected chi connectivity index (χ0v) is 9.22. The van der Waals surface area contributed by atoms with Crippen LogP contribution in [-0.2, 0) is 4.74 Å². The molecule has 14 heavy (non-hydrogen) atoms. The summed E-state index contributed by atoms with van der Waals surface area (Å²) in [5.74, 6) is 0. The van der Waals surface area contributed by atoms with Crippen LogP contribution in [-0.4, -0.2) is 51.3 Å². The predicted octanol–water partition coefficient (Wildman–Crippen LogP) is 0.708. The largest absolute Gasteiger partial charge is 0.385 e. The van der Waals surface area contributed by atoms with Crippen molar-refractivity contribution in [3.63, 3.8) is 0 Å². The second-order valence-corrected chi connectivity index (χ2v) is 4.77. The summed E-state index contributed by atoms with van der Waals surface area (Å²) in [6, 6.07) is 0. The second kappa shape index (κ2) is 4.60. The van der Waals surface area contributed by atoms with Crippen molar-refractivity contribution in [3.05, 3.63) is 0 Å². The zero-order chi connectivity index (χ0) is 9.86. The molecule has 1 saturated heterocycles. The molecular formula is C11H22N2O. The van der Waals surface area contributed by atoms with Gasteiger partial charge in [0.1, 0.15) is 0 Å². The highest BCUT2D eigenvalue weighted by atomic mass is 16.5. The highest BCUT2D eigenvalue weighted by Crippen LogP contribution is 2.49. The molecule has 1 heterocycles. The molecular weight excluding hydrogens is 176 g/mol. The molecule has 0 amide bonds. The Labute approximate surface area is 86.8 Å². The standard InChI is InChI=1S/C11H22N2O/c1-14-9-4-11(2-3-11)10-13-7-5-12-6-8-13/h12H,2-10H2,1H3. The van der Waals surface area contributed by atoms with Gasteiger partial charge in [0, 0.05) is 46.4 Å². The van der Waals surface area contributed by atoms with Crippen LogP contribution in [0.2, 0.25) is 0 Å². The molecule has 1 N–H and O–H groups in total. The highest BCUT2D eigenvalue weighted by Gasteiger charge is 2.43. The van der Waals surface area contributed by atoms with Crippen molar-refractivity contribution in [2.45, 2.75) is 19.3 Å². The molecule has 2 aliphatic rings. The summed E-state index contributed by atoms with van der Waals surface area (Å²) < 4.78 is 5.18. The van der Waals surface area contributed by atoms with E-state index in [1.54, 1.807) is 7.11 Å². The van der Waals surface area contributed by atoms with E-state index in [4.69, 9.17) is 4.74 Å². The molecule has 0 aromatic rings. The number of nitrogens with zero attached hydrogens (tertiary/aromatic N) is 1. The van der Waals surface area contributed by atoms with E-state index < -0.39 is 0 Å². The number of nitrogens with one attached hydrogen (secondary N) is 1. The minimum atomic E-state index is 0.632. The quantitative estimate of drug-likeness (QED) is 0.704. The third-order valence-corrected chi connectivity index (χ3v) is 3.56. The molecule has 1 aliphatic heterocycles. The van der Waals surface area contributed by atoms with E-state index in [0.29, 0.717) is 5.41 Å². The Morgan fingerprint density at radius 1 is 1.29 bits per heavy atom. The third kappa shape index (κ3) is 2.69. The summed E-state index contributed by atoms with van der Waals surface area (Å²) in [5, 5.41) is 3.40. The van der Waals surface area contributed by atoms with Crippen LogP contribution in [0.15, 0.2) is 0 Å². The first-order valence-corrected chi connectivity index (χ1v) is 5.77. The normalized spacial score (nSPS) is 26.4. The maximum Gasteiger partial charge on any atom is 0.0468 e. The Kier molecular flexibility index (Phi) is 3.42.